The number of hydrogen-bond donors (Lipinski definition) is 1. The van der Waals surface area contributed by atoms with Crippen LogP contribution in [0.1, 0.15) is 16.3 Å². The maximum atomic E-state index is 12.8. The number of nitrogens with zero attached hydrogens (tertiary/aromatic N) is 2. The first kappa shape index (κ1) is 15.2. The number of rotatable bonds is 4. The van der Waals surface area contributed by atoms with Crippen LogP contribution in [0.5, 0.6) is 0 Å². The van der Waals surface area contributed by atoms with E-state index in [0.717, 1.165) is 17.1 Å². The molecular weight excluding hydrogens is 307 g/mol. The maximum Gasteiger partial charge on any atom is 0.423 e. The van der Waals surface area contributed by atoms with Crippen LogP contribution in [0.2, 0.25) is 0 Å². The molecule has 112 valence electrons. The first-order valence-electron chi connectivity index (χ1n) is 5.78. The third-order valence-corrected chi connectivity index (χ3v) is 3.46. The Morgan fingerprint density at radius 2 is 2.14 bits per heavy atom. The van der Waals surface area contributed by atoms with Gasteiger partial charge >= 0.3 is 6.18 Å². The Bertz CT molecular complexity index is 670. The monoisotopic (exact) mass is 317 g/mol. The predicted octanol–water partition coefficient (Wildman–Crippen LogP) is 3.99. The molecule has 0 bridgehead atoms. The van der Waals surface area contributed by atoms with Gasteiger partial charge in [-0.05, 0) is 19.1 Å². The molecule has 1 heterocycles. The van der Waals surface area contributed by atoms with Crippen LogP contribution in [-0.2, 0) is 12.7 Å². The van der Waals surface area contributed by atoms with Crippen LogP contribution in [0.25, 0.3) is 0 Å². The number of benzene rings is 1. The lowest BCUT2D eigenvalue weighted by atomic mass is 10.1. The Kier molecular flexibility index (Phi) is 4.12. The molecule has 21 heavy (non-hydrogen) atoms. The second kappa shape index (κ2) is 5.68. The standard InChI is InChI=1S/C12H10F3N3O2S/c1-7-17-9(6-21-7)5-16-8-2-3-11(18(19)20)10(4-8)12(13,14)15/h2-4,6,16H,5H2,1H3. The molecule has 0 aliphatic rings. The van der Waals surface area contributed by atoms with E-state index in [1.807, 2.05) is 6.92 Å². The molecule has 0 aliphatic heterocycles. The van der Waals surface area contributed by atoms with Gasteiger partial charge in [0, 0.05) is 17.1 Å². The van der Waals surface area contributed by atoms with E-state index in [0.29, 0.717) is 5.69 Å². The summed E-state index contributed by atoms with van der Waals surface area (Å²) in [4.78, 5) is 13.8. The molecular formula is C12H10F3N3O2S. The van der Waals surface area contributed by atoms with Gasteiger partial charge in [-0.1, -0.05) is 0 Å². The minimum Gasteiger partial charge on any atom is -0.379 e. The largest absolute Gasteiger partial charge is 0.423 e. The van der Waals surface area contributed by atoms with Crippen LogP contribution in [-0.4, -0.2) is 9.91 Å². The molecule has 0 aliphatic carbocycles. The van der Waals surface area contributed by atoms with Gasteiger partial charge in [-0.2, -0.15) is 13.2 Å². The molecule has 1 N–H and O–H groups in total. The summed E-state index contributed by atoms with van der Waals surface area (Å²) in [6.07, 6.45) is -4.78. The lowest BCUT2D eigenvalue weighted by molar-refractivity contribution is -0.388. The van der Waals surface area contributed by atoms with Crippen molar-refractivity contribution in [2.24, 2.45) is 0 Å². The van der Waals surface area contributed by atoms with Crippen LogP contribution in [0.4, 0.5) is 24.5 Å². The zero-order valence-electron chi connectivity index (χ0n) is 10.8. The second-order valence-electron chi connectivity index (χ2n) is 4.20. The Morgan fingerprint density at radius 1 is 1.43 bits per heavy atom. The smallest absolute Gasteiger partial charge is 0.379 e. The molecule has 0 saturated carbocycles. The van der Waals surface area contributed by atoms with Gasteiger partial charge in [0.05, 0.1) is 22.2 Å². The average Bonchev–Trinajstić information content (AvgIpc) is 2.81. The highest BCUT2D eigenvalue weighted by atomic mass is 32.1. The summed E-state index contributed by atoms with van der Waals surface area (Å²) < 4.78 is 38.4. The summed E-state index contributed by atoms with van der Waals surface area (Å²) in [5.74, 6) is 0. The number of nitro groups is 1. The van der Waals surface area contributed by atoms with Crippen molar-refractivity contribution in [1.82, 2.24) is 4.98 Å². The summed E-state index contributed by atoms with van der Waals surface area (Å²) in [5, 5.41) is 16.1. The lowest BCUT2D eigenvalue weighted by Gasteiger charge is -2.10. The van der Waals surface area contributed by atoms with Gasteiger partial charge in [-0.25, -0.2) is 4.98 Å². The Labute approximate surface area is 121 Å². The van der Waals surface area contributed by atoms with Crippen LogP contribution in [0.3, 0.4) is 0 Å². The van der Waals surface area contributed by atoms with Gasteiger partial charge in [0.1, 0.15) is 5.56 Å². The first-order chi connectivity index (χ1) is 9.77. The predicted molar refractivity (Wildman–Crippen MR) is 72.3 cm³/mol. The van der Waals surface area contributed by atoms with Gasteiger partial charge in [0.25, 0.3) is 5.69 Å². The molecule has 0 atom stereocenters. The lowest BCUT2D eigenvalue weighted by Crippen LogP contribution is -2.10. The topological polar surface area (TPSA) is 68.1 Å². The summed E-state index contributed by atoms with van der Waals surface area (Å²) >= 11 is 1.43. The number of aryl methyl sites for hydroxylation is 1. The van der Waals surface area contributed by atoms with Crippen molar-refractivity contribution in [2.75, 3.05) is 5.32 Å². The Morgan fingerprint density at radius 3 is 2.67 bits per heavy atom. The van der Waals surface area contributed by atoms with E-state index in [-0.39, 0.29) is 12.2 Å². The molecule has 0 saturated heterocycles. The zero-order chi connectivity index (χ0) is 15.6. The van der Waals surface area contributed by atoms with Crippen molar-refractivity contribution >= 4 is 22.7 Å². The summed E-state index contributed by atoms with van der Waals surface area (Å²) in [7, 11) is 0. The summed E-state index contributed by atoms with van der Waals surface area (Å²) in [6.45, 7) is 2.07. The molecule has 1 aromatic heterocycles. The number of nitro benzene ring substituents is 1. The fourth-order valence-corrected chi connectivity index (χ4v) is 2.33. The minimum absolute atomic E-state index is 0.151. The molecule has 0 spiro atoms. The Hall–Kier alpha value is -2.16. The summed E-state index contributed by atoms with van der Waals surface area (Å²) in [6, 6.07) is 2.82. The highest BCUT2D eigenvalue weighted by molar-refractivity contribution is 7.09. The molecule has 1 aromatic carbocycles. The minimum atomic E-state index is -4.78. The van der Waals surface area contributed by atoms with Gasteiger partial charge in [-0.15, -0.1) is 11.3 Å². The normalized spacial score (nSPS) is 11.4. The van der Waals surface area contributed by atoms with Crippen molar-refractivity contribution in [3.63, 3.8) is 0 Å². The number of hydrogen-bond acceptors (Lipinski definition) is 5. The number of thiazole rings is 1. The van der Waals surface area contributed by atoms with Crippen molar-refractivity contribution in [1.29, 1.82) is 0 Å². The van der Waals surface area contributed by atoms with E-state index in [9.17, 15) is 23.3 Å². The fraction of sp³-hybridized carbons (Fsp3) is 0.250. The van der Waals surface area contributed by atoms with E-state index < -0.39 is 22.4 Å². The quantitative estimate of drug-likeness (QED) is 0.684. The van der Waals surface area contributed by atoms with Crippen LogP contribution in [0, 0.1) is 17.0 Å². The number of aromatic nitrogens is 1. The van der Waals surface area contributed by atoms with E-state index in [2.05, 4.69) is 10.3 Å². The van der Waals surface area contributed by atoms with Gasteiger partial charge in [0.15, 0.2) is 0 Å². The van der Waals surface area contributed by atoms with E-state index in [1.165, 1.54) is 17.4 Å². The van der Waals surface area contributed by atoms with Crippen LogP contribution < -0.4 is 5.32 Å². The Balaban J connectivity index is 2.23. The SMILES string of the molecule is Cc1nc(CNc2ccc([N+](=O)[O-])c(C(F)(F)F)c2)cs1. The third-order valence-electron chi connectivity index (χ3n) is 2.64. The summed E-state index contributed by atoms with van der Waals surface area (Å²) in [5.41, 5.74) is -1.38. The molecule has 9 heteroatoms. The number of nitrogens with one attached hydrogen (secondary N) is 1. The number of halogens is 3. The average molecular weight is 317 g/mol. The van der Waals surface area contributed by atoms with Crippen molar-refractivity contribution in [2.45, 2.75) is 19.6 Å². The van der Waals surface area contributed by atoms with Gasteiger partial charge in [-0.3, -0.25) is 10.1 Å². The third kappa shape index (κ3) is 3.69. The van der Waals surface area contributed by atoms with Crippen molar-refractivity contribution in [3.05, 3.63) is 50.0 Å². The number of anilines is 1. The van der Waals surface area contributed by atoms with E-state index in [4.69, 9.17) is 0 Å². The number of alkyl halides is 3. The fourth-order valence-electron chi connectivity index (χ4n) is 1.71. The van der Waals surface area contributed by atoms with Gasteiger partial charge < -0.3 is 5.32 Å². The molecule has 0 fully saturated rings. The van der Waals surface area contributed by atoms with Crippen molar-refractivity contribution < 1.29 is 18.1 Å². The highest BCUT2D eigenvalue weighted by Gasteiger charge is 2.38. The second-order valence-corrected chi connectivity index (χ2v) is 5.26. The highest BCUT2D eigenvalue weighted by Crippen LogP contribution is 2.37. The molecule has 2 rings (SSSR count). The van der Waals surface area contributed by atoms with E-state index >= 15 is 0 Å². The molecule has 0 amide bonds. The molecule has 0 radical (unpaired) electrons. The molecule has 2 aromatic rings. The maximum absolute atomic E-state index is 12.8. The van der Waals surface area contributed by atoms with Crippen LogP contribution >= 0.6 is 11.3 Å². The van der Waals surface area contributed by atoms with Crippen LogP contribution in [0.15, 0.2) is 23.6 Å². The van der Waals surface area contributed by atoms with Crippen molar-refractivity contribution in [3.8, 4) is 0 Å². The molecule has 0 unspecified atom stereocenters. The first-order valence-corrected chi connectivity index (χ1v) is 6.66. The van der Waals surface area contributed by atoms with E-state index in [1.54, 1.807) is 5.38 Å². The zero-order valence-corrected chi connectivity index (χ0v) is 11.6. The van der Waals surface area contributed by atoms with Gasteiger partial charge in [0.2, 0.25) is 0 Å². The molecule has 5 nitrogen and oxygen atoms in total.